The standard InChI is InChI=1S/C22H26N4O5/c1-4-24-7-9-25(10-8-24)20-6-5-18(11-15(20)2)23-21(27)16-12-17(22(28)31-3)14-19(13-16)26(29)30/h5-6,11-14H,4,7-10H2,1-3H3,(H,23,27). The van der Waals surface area contributed by atoms with Crippen LogP contribution in [0.25, 0.3) is 0 Å². The summed E-state index contributed by atoms with van der Waals surface area (Å²) in [5.74, 6) is -1.29. The first-order chi connectivity index (χ1) is 14.8. The topological polar surface area (TPSA) is 105 Å². The van der Waals surface area contributed by atoms with Gasteiger partial charge in [0, 0.05) is 55.2 Å². The molecule has 0 aromatic heterocycles. The molecule has 2 aromatic rings. The van der Waals surface area contributed by atoms with E-state index in [-0.39, 0.29) is 16.8 Å². The summed E-state index contributed by atoms with van der Waals surface area (Å²) in [4.78, 5) is 39.8. The van der Waals surface area contributed by atoms with E-state index >= 15 is 0 Å². The molecule has 0 spiro atoms. The highest BCUT2D eigenvalue weighted by Crippen LogP contribution is 2.26. The third-order valence-corrected chi connectivity index (χ3v) is 5.43. The van der Waals surface area contributed by atoms with Gasteiger partial charge in [0.05, 0.1) is 17.6 Å². The van der Waals surface area contributed by atoms with Gasteiger partial charge in [0.25, 0.3) is 11.6 Å². The molecule has 0 saturated carbocycles. The number of esters is 1. The van der Waals surface area contributed by atoms with E-state index in [0.29, 0.717) is 5.69 Å². The van der Waals surface area contributed by atoms with Gasteiger partial charge in [-0.3, -0.25) is 14.9 Å². The normalized spacial score (nSPS) is 14.2. The van der Waals surface area contributed by atoms with E-state index in [4.69, 9.17) is 0 Å². The number of aryl methyl sites for hydroxylation is 1. The summed E-state index contributed by atoms with van der Waals surface area (Å²) in [5, 5.41) is 13.9. The van der Waals surface area contributed by atoms with Gasteiger partial charge in [-0.25, -0.2) is 4.79 Å². The van der Waals surface area contributed by atoms with Gasteiger partial charge in [0.2, 0.25) is 0 Å². The summed E-state index contributed by atoms with van der Waals surface area (Å²) in [6, 6.07) is 9.15. The van der Waals surface area contributed by atoms with Gasteiger partial charge >= 0.3 is 5.97 Å². The monoisotopic (exact) mass is 426 g/mol. The number of non-ortho nitro benzene ring substituents is 1. The maximum Gasteiger partial charge on any atom is 0.338 e. The van der Waals surface area contributed by atoms with E-state index in [1.54, 1.807) is 0 Å². The lowest BCUT2D eigenvalue weighted by atomic mass is 10.1. The maximum atomic E-state index is 12.7. The van der Waals surface area contributed by atoms with Crippen LogP contribution in [0.2, 0.25) is 0 Å². The Labute approximate surface area is 180 Å². The highest BCUT2D eigenvalue weighted by atomic mass is 16.6. The minimum Gasteiger partial charge on any atom is -0.465 e. The number of carbonyl (C=O) groups excluding carboxylic acids is 2. The van der Waals surface area contributed by atoms with E-state index in [1.165, 1.54) is 13.2 Å². The zero-order valence-corrected chi connectivity index (χ0v) is 17.9. The second-order valence-corrected chi connectivity index (χ2v) is 7.39. The molecule has 31 heavy (non-hydrogen) atoms. The molecular formula is C22H26N4O5. The van der Waals surface area contributed by atoms with Crippen molar-refractivity contribution >= 4 is 28.9 Å². The van der Waals surface area contributed by atoms with Crippen molar-refractivity contribution in [1.29, 1.82) is 0 Å². The largest absolute Gasteiger partial charge is 0.465 e. The number of rotatable bonds is 6. The predicted octanol–water partition coefficient (Wildman–Crippen LogP) is 3.08. The second kappa shape index (κ2) is 9.57. The van der Waals surface area contributed by atoms with Gasteiger partial charge in [0.1, 0.15) is 0 Å². The number of carbonyl (C=O) groups is 2. The van der Waals surface area contributed by atoms with Crippen molar-refractivity contribution in [3.05, 3.63) is 63.2 Å². The Hall–Kier alpha value is -3.46. The molecule has 9 heteroatoms. The SMILES string of the molecule is CCN1CCN(c2ccc(NC(=O)c3cc(C(=O)OC)cc([N+](=O)[O-])c3)cc2C)CC1. The number of nitrogens with zero attached hydrogens (tertiary/aromatic N) is 3. The Morgan fingerprint density at radius 3 is 2.35 bits per heavy atom. The van der Waals surface area contributed by atoms with E-state index in [9.17, 15) is 19.7 Å². The molecule has 3 rings (SSSR count). The lowest BCUT2D eigenvalue weighted by molar-refractivity contribution is -0.384. The summed E-state index contributed by atoms with van der Waals surface area (Å²) in [6.45, 7) is 9.13. The number of hydrogen-bond donors (Lipinski definition) is 1. The Kier molecular flexibility index (Phi) is 6.86. The minimum atomic E-state index is -0.749. The summed E-state index contributed by atoms with van der Waals surface area (Å²) in [5.41, 5.74) is 2.32. The quantitative estimate of drug-likeness (QED) is 0.430. The zero-order chi connectivity index (χ0) is 22.5. The molecule has 0 bridgehead atoms. The van der Waals surface area contributed by atoms with Gasteiger partial charge in [0.15, 0.2) is 0 Å². The fourth-order valence-corrected chi connectivity index (χ4v) is 3.68. The van der Waals surface area contributed by atoms with E-state index in [1.807, 2.05) is 25.1 Å². The molecule has 1 heterocycles. The van der Waals surface area contributed by atoms with Crippen LogP contribution in [0.4, 0.5) is 17.1 Å². The van der Waals surface area contributed by atoms with E-state index in [0.717, 1.165) is 56.1 Å². The lowest BCUT2D eigenvalue weighted by Gasteiger charge is -2.36. The molecule has 0 unspecified atom stereocenters. The second-order valence-electron chi connectivity index (χ2n) is 7.39. The van der Waals surface area contributed by atoms with Gasteiger partial charge in [-0.2, -0.15) is 0 Å². The average molecular weight is 426 g/mol. The van der Waals surface area contributed by atoms with Gasteiger partial charge in [-0.1, -0.05) is 6.92 Å². The molecule has 0 radical (unpaired) electrons. The predicted molar refractivity (Wildman–Crippen MR) is 118 cm³/mol. The highest BCUT2D eigenvalue weighted by Gasteiger charge is 2.20. The number of hydrogen-bond acceptors (Lipinski definition) is 7. The van der Waals surface area contributed by atoms with Gasteiger partial charge < -0.3 is 19.9 Å². The van der Waals surface area contributed by atoms with Crippen LogP contribution < -0.4 is 10.2 Å². The van der Waals surface area contributed by atoms with Crippen LogP contribution >= 0.6 is 0 Å². The third-order valence-electron chi connectivity index (χ3n) is 5.43. The first-order valence-electron chi connectivity index (χ1n) is 10.1. The minimum absolute atomic E-state index is 0.00650. The van der Waals surface area contributed by atoms with Crippen LogP contribution in [0.3, 0.4) is 0 Å². The number of benzene rings is 2. The number of amides is 1. The first-order valence-corrected chi connectivity index (χ1v) is 10.1. The van der Waals surface area contributed by atoms with Crippen molar-refractivity contribution in [3.8, 4) is 0 Å². The van der Waals surface area contributed by atoms with Crippen molar-refractivity contribution in [2.24, 2.45) is 0 Å². The molecule has 1 amide bonds. The third kappa shape index (κ3) is 5.18. The number of nitro benzene ring substituents is 1. The number of piperazine rings is 1. The Bertz CT molecular complexity index is 999. The lowest BCUT2D eigenvalue weighted by Crippen LogP contribution is -2.46. The first kappa shape index (κ1) is 22.2. The molecule has 164 valence electrons. The van der Waals surface area contributed by atoms with Crippen LogP contribution in [0, 0.1) is 17.0 Å². The van der Waals surface area contributed by atoms with Crippen molar-refractivity contribution in [3.63, 3.8) is 0 Å². The average Bonchev–Trinajstić information content (AvgIpc) is 2.78. The van der Waals surface area contributed by atoms with Crippen LogP contribution in [0.5, 0.6) is 0 Å². The summed E-state index contributed by atoms with van der Waals surface area (Å²) < 4.78 is 4.62. The fourth-order valence-electron chi connectivity index (χ4n) is 3.68. The van der Waals surface area contributed by atoms with Crippen LogP contribution in [0.1, 0.15) is 33.2 Å². The Morgan fingerprint density at radius 2 is 1.77 bits per heavy atom. The number of ether oxygens (including phenoxy) is 1. The van der Waals surface area contributed by atoms with Crippen molar-refractivity contribution < 1.29 is 19.2 Å². The van der Waals surface area contributed by atoms with E-state index < -0.39 is 16.8 Å². The van der Waals surface area contributed by atoms with Crippen molar-refractivity contribution in [1.82, 2.24) is 4.90 Å². The Morgan fingerprint density at radius 1 is 1.10 bits per heavy atom. The van der Waals surface area contributed by atoms with Crippen LogP contribution in [-0.4, -0.2) is 61.5 Å². The molecule has 1 saturated heterocycles. The molecule has 1 N–H and O–H groups in total. The number of methoxy groups -OCH3 is 1. The van der Waals surface area contributed by atoms with Gasteiger partial charge in [-0.05, 0) is 43.3 Å². The van der Waals surface area contributed by atoms with Gasteiger partial charge in [-0.15, -0.1) is 0 Å². The molecule has 0 atom stereocenters. The maximum absolute atomic E-state index is 12.7. The summed E-state index contributed by atoms with van der Waals surface area (Å²) >= 11 is 0. The van der Waals surface area contributed by atoms with Crippen molar-refractivity contribution in [2.45, 2.75) is 13.8 Å². The zero-order valence-electron chi connectivity index (χ0n) is 17.9. The summed E-state index contributed by atoms with van der Waals surface area (Å²) in [7, 11) is 1.17. The molecule has 1 fully saturated rings. The Balaban J connectivity index is 1.78. The highest BCUT2D eigenvalue weighted by molar-refractivity contribution is 6.06. The molecule has 2 aromatic carbocycles. The van der Waals surface area contributed by atoms with E-state index in [2.05, 4.69) is 26.8 Å². The smallest absolute Gasteiger partial charge is 0.338 e. The molecule has 0 aliphatic carbocycles. The summed E-state index contributed by atoms with van der Waals surface area (Å²) in [6.07, 6.45) is 0. The molecule has 1 aliphatic heterocycles. The number of anilines is 2. The number of likely N-dealkylation sites (N-methyl/N-ethyl adjacent to an activating group) is 1. The fraction of sp³-hybridized carbons (Fsp3) is 0.364. The molecule has 9 nitrogen and oxygen atoms in total. The van der Waals surface area contributed by atoms with Crippen molar-refractivity contribution in [2.75, 3.05) is 50.1 Å². The van der Waals surface area contributed by atoms with Crippen LogP contribution in [-0.2, 0) is 4.74 Å². The molecular weight excluding hydrogens is 400 g/mol. The van der Waals surface area contributed by atoms with Crippen LogP contribution in [0.15, 0.2) is 36.4 Å². The number of nitrogens with one attached hydrogen (secondary N) is 1. The number of nitro groups is 1. The molecule has 1 aliphatic rings.